The molecule has 8 nitrogen and oxygen atoms in total. The first-order valence-corrected chi connectivity index (χ1v) is 11.7. The second-order valence-electron chi connectivity index (χ2n) is 6.53. The second kappa shape index (κ2) is 12.0. The Labute approximate surface area is 192 Å². The summed E-state index contributed by atoms with van der Waals surface area (Å²) >= 11 is 1.47. The molecule has 3 N–H and O–H groups in total. The van der Waals surface area contributed by atoms with Crippen molar-refractivity contribution in [1.82, 2.24) is 25.5 Å². The van der Waals surface area contributed by atoms with Gasteiger partial charge in [-0.15, -0.1) is 11.3 Å². The fourth-order valence-corrected chi connectivity index (χ4v) is 4.32. The van der Waals surface area contributed by atoms with Gasteiger partial charge in [-0.1, -0.05) is 27.7 Å². The summed E-state index contributed by atoms with van der Waals surface area (Å²) in [5.74, 6) is -0.598. The van der Waals surface area contributed by atoms with Crippen LogP contribution in [0.2, 0.25) is 0 Å². The van der Waals surface area contributed by atoms with Crippen molar-refractivity contribution in [3.8, 4) is 0 Å². The maximum Gasteiger partial charge on any atom is 0.261 e. The van der Waals surface area contributed by atoms with Crippen LogP contribution in [0.3, 0.4) is 0 Å². The smallest absolute Gasteiger partial charge is 0.261 e. The summed E-state index contributed by atoms with van der Waals surface area (Å²) < 4.78 is 0. The molecular weight excluding hydrogens is 426 g/mol. The fourth-order valence-electron chi connectivity index (χ4n) is 3.21. The third kappa shape index (κ3) is 5.73. The summed E-state index contributed by atoms with van der Waals surface area (Å²) in [5, 5.41) is 6.13. The molecule has 3 amide bonds. The number of thiophene rings is 1. The Balaban J connectivity index is 0.000000860. The minimum atomic E-state index is -0.334. The van der Waals surface area contributed by atoms with E-state index in [-0.39, 0.29) is 24.3 Å². The van der Waals surface area contributed by atoms with E-state index in [1.807, 2.05) is 39.8 Å². The van der Waals surface area contributed by atoms with E-state index in [1.165, 1.54) is 17.5 Å². The summed E-state index contributed by atoms with van der Waals surface area (Å²) in [5.41, 5.74) is 2.12. The zero-order chi connectivity index (χ0) is 23.7. The molecule has 4 heterocycles. The second-order valence-corrected chi connectivity index (χ2v) is 7.66. The third-order valence-electron chi connectivity index (χ3n) is 4.73. The summed E-state index contributed by atoms with van der Waals surface area (Å²) in [6, 6.07) is 5.41. The molecule has 172 valence electrons. The number of carbonyl (C=O) groups excluding carboxylic acids is 3. The Kier molecular flexibility index (Phi) is 9.39. The molecule has 0 radical (unpaired) electrons. The van der Waals surface area contributed by atoms with Crippen molar-refractivity contribution < 1.29 is 14.4 Å². The van der Waals surface area contributed by atoms with Crippen LogP contribution in [-0.4, -0.2) is 52.7 Å². The number of fused-ring (bicyclic) bond motifs is 2. The Morgan fingerprint density at radius 3 is 2.62 bits per heavy atom. The van der Waals surface area contributed by atoms with E-state index in [0.29, 0.717) is 35.6 Å². The molecule has 0 bridgehead atoms. The molecule has 0 atom stereocenters. The third-order valence-corrected chi connectivity index (χ3v) is 5.97. The molecule has 3 aromatic rings. The zero-order valence-electron chi connectivity index (χ0n) is 19.2. The number of amides is 3. The first-order valence-electron chi connectivity index (χ1n) is 10.9. The number of rotatable bonds is 4. The van der Waals surface area contributed by atoms with Gasteiger partial charge in [-0.3, -0.25) is 14.4 Å². The Morgan fingerprint density at radius 2 is 1.91 bits per heavy atom. The van der Waals surface area contributed by atoms with E-state index in [0.717, 1.165) is 15.8 Å². The molecule has 1 aliphatic rings. The molecule has 4 rings (SSSR count). The lowest BCUT2D eigenvalue weighted by Gasteiger charge is -2.27. The van der Waals surface area contributed by atoms with Gasteiger partial charge in [0.25, 0.3) is 11.8 Å². The van der Waals surface area contributed by atoms with Crippen LogP contribution in [0.4, 0.5) is 0 Å². The summed E-state index contributed by atoms with van der Waals surface area (Å²) in [7, 11) is 1.60. The van der Waals surface area contributed by atoms with Crippen molar-refractivity contribution in [3.05, 3.63) is 51.5 Å². The van der Waals surface area contributed by atoms with Gasteiger partial charge in [0.05, 0.1) is 17.0 Å². The van der Waals surface area contributed by atoms with Crippen LogP contribution in [0.5, 0.6) is 0 Å². The standard InChI is InChI=1S/C19H19N5O3S.2C2H6/c1-20-19(27)15-7-13-10-24(5-3-14(13)28-15)16(25)9-23-18(26)12-6-11-2-4-21-17(11)22-8-12;2*1-2/h2,4,6-8H,3,5,9-10H2,1H3,(H,20,27)(H,21,22)(H,23,26);2*1-2H3. The first kappa shape index (κ1) is 25.1. The van der Waals surface area contributed by atoms with Crippen LogP contribution in [0.25, 0.3) is 11.0 Å². The normalized spacial score (nSPS) is 12.0. The predicted octanol–water partition coefficient (Wildman–Crippen LogP) is 3.35. The van der Waals surface area contributed by atoms with Crippen molar-refractivity contribution in [2.24, 2.45) is 0 Å². The zero-order valence-corrected chi connectivity index (χ0v) is 20.1. The van der Waals surface area contributed by atoms with Gasteiger partial charge in [0.15, 0.2) is 0 Å². The van der Waals surface area contributed by atoms with E-state index in [1.54, 1.807) is 24.2 Å². The van der Waals surface area contributed by atoms with Crippen molar-refractivity contribution in [3.63, 3.8) is 0 Å². The number of hydrogen-bond acceptors (Lipinski definition) is 5. The van der Waals surface area contributed by atoms with Gasteiger partial charge < -0.3 is 20.5 Å². The largest absolute Gasteiger partial charge is 0.354 e. The topological polar surface area (TPSA) is 107 Å². The average molecular weight is 458 g/mol. The molecule has 3 aromatic heterocycles. The molecule has 0 aromatic carbocycles. The molecule has 0 spiro atoms. The maximum atomic E-state index is 12.5. The average Bonchev–Trinajstić information content (AvgIpc) is 3.50. The Hall–Kier alpha value is -3.20. The highest BCUT2D eigenvalue weighted by atomic mass is 32.1. The van der Waals surface area contributed by atoms with Crippen LogP contribution >= 0.6 is 11.3 Å². The number of aromatic nitrogens is 2. The van der Waals surface area contributed by atoms with E-state index < -0.39 is 0 Å². The minimum absolute atomic E-state index is 0.0776. The Bertz CT molecular complexity index is 1070. The van der Waals surface area contributed by atoms with Crippen molar-refractivity contribution in [2.75, 3.05) is 20.1 Å². The first-order chi connectivity index (χ1) is 15.5. The van der Waals surface area contributed by atoms with E-state index in [2.05, 4.69) is 20.6 Å². The lowest BCUT2D eigenvalue weighted by Crippen LogP contribution is -2.42. The monoisotopic (exact) mass is 457 g/mol. The maximum absolute atomic E-state index is 12.5. The highest BCUT2D eigenvalue weighted by Gasteiger charge is 2.24. The molecule has 0 aliphatic carbocycles. The molecule has 0 saturated carbocycles. The van der Waals surface area contributed by atoms with Gasteiger partial charge >= 0.3 is 0 Å². The van der Waals surface area contributed by atoms with Crippen LogP contribution in [0.1, 0.15) is 58.2 Å². The van der Waals surface area contributed by atoms with Crippen molar-refractivity contribution in [1.29, 1.82) is 0 Å². The van der Waals surface area contributed by atoms with Crippen molar-refractivity contribution in [2.45, 2.75) is 40.7 Å². The predicted molar refractivity (Wildman–Crippen MR) is 128 cm³/mol. The van der Waals surface area contributed by atoms with Crippen LogP contribution in [0.15, 0.2) is 30.6 Å². The molecular formula is C23H31N5O3S. The van der Waals surface area contributed by atoms with Crippen LogP contribution < -0.4 is 10.6 Å². The molecule has 0 unspecified atom stereocenters. The number of carbonyl (C=O) groups is 3. The van der Waals surface area contributed by atoms with Gasteiger partial charge in [-0.2, -0.15) is 0 Å². The number of hydrogen-bond donors (Lipinski definition) is 3. The highest BCUT2D eigenvalue weighted by Crippen LogP contribution is 2.28. The lowest BCUT2D eigenvalue weighted by atomic mass is 10.1. The van der Waals surface area contributed by atoms with Gasteiger partial charge in [0.2, 0.25) is 5.91 Å². The van der Waals surface area contributed by atoms with Crippen LogP contribution in [-0.2, 0) is 17.8 Å². The van der Waals surface area contributed by atoms with Crippen molar-refractivity contribution >= 4 is 40.1 Å². The van der Waals surface area contributed by atoms with E-state index in [9.17, 15) is 14.4 Å². The molecule has 0 saturated heterocycles. The van der Waals surface area contributed by atoms with Gasteiger partial charge in [0.1, 0.15) is 5.65 Å². The number of pyridine rings is 1. The fraction of sp³-hybridized carbons (Fsp3) is 0.391. The number of nitrogens with zero attached hydrogens (tertiary/aromatic N) is 2. The molecule has 1 aliphatic heterocycles. The van der Waals surface area contributed by atoms with Gasteiger partial charge in [-0.05, 0) is 30.2 Å². The lowest BCUT2D eigenvalue weighted by molar-refractivity contribution is -0.131. The Morgan fingerprint density at radius 1 is 1.16 bits per heavy atom. The van der Waals surface area contributed by atoms with Gasteiger partial charge in [0, 0.05) is 42.8 Å². The molecule has 0 fully saturated rings. The van der Waals surface area contributed by atoms with Crippen LogP contribution in [0, 0.1) is 0 Å². The minimum Gasteiger partial charge on any atom is -0.354 e. The number of nitrogens with one attached hydrogen (secondary N) is 3. The highest BCUT2D eigenvalue weighted by molar-refractivity contribution is 7.14. The quantitative estimate of drug-likeness (QED) is 0.558. The van der Waals surface area contributed by atoms with E-state index >= 15 is 0 Å². The number of H-pyrrole nitrogens is 1. The van der Waals surface area contributed by atoms with Gasteiger partial charge in [-0.25, -0.2) is 4.98 Å². The molecule has 32 heavy (non-hydrogen) atoms. The summed E-state index contributed by atoms with van der Waals surface area (Å²) in [6.07, 6.45) is 3.95. The SMILES string of the molecule is CC.CC.CNC(=O)c1cc2c(s1)CCN(C(=O)CNC(=O)c1cnc3[nH]ccc3c1)C2. The summed E-state index contributed by atoms with van der Waals surface area (Å²) in [4.78, 5) is 47.3. The summed E-state index contributed by atoms with van der Waals surface area (Å²) in [6.45, 7) is 8.95. The van der Waals surface area contributed by atoms with E-state index in [4.69, 9.17) is 0 Å². The number of aromatic amines is 1. The molecule has 9 heteroatoms.